The summed E-state index contributed by atoms with van der Waals surface area (Å²) in [5.41, 5.74) is -0.652. The number of carboxylic acids is 1. The van der Waals surface area contributed by atoms with E-state index in [4.69, 9.17) is 9.84 Å². The fraction of sp³-hybridized carbons (Fsp3) is 0.556. The van der Waals surface area contributed by atoms with Crippen LogP contribution in [0, 0.1) is 0 Å². The van der Waals surface area contributed by atoms with Crippen molar-refractivity contribution in [3.8, 4) is 0 Å². The molecule has 0 aliphatic heterocycles. The van der Waals surface area contributed by atoms with Gasteiger partial charge in [0, 0.05) is 5.57 Å². The van der Waals surface area contributed by atoms with Crippen molar-refractivity contribution < 1.29 is 19.4 Å². The summed E-state index contributed by atoms with van der Waals surface area (Å²) in [5.74, 6) is -1.74. The van der Waals surface area contributed by atoms with Gasteiger partial charge < -0.3 is 9.84 Å². The molecular formula is C9H14O4. The van der Waals surface area contributed by atoms with Gasteiger partial charge in [-0.25, -0.2) is 4.79 Å². The minimum atomic E-state index is -1.09. The van der Waals surface area contributed by atoms with Gasteiger partial charge in [0.2, 0.25) is 0 Å². The third-order valence-electron chi connectivity index (χ3n) is 1.05. The van der Waals surface area contributed by atoms with Gasteiger partial charge in [-0.15, -0.1) is 0 Å². The Bertz CT molecular complexity index is 234. The van der Waals surface area contributed by atoms with Crippen LogP contribution in [0.1, 0.15) is 27.2 Å². The average Bonchev–Trinajstić information content (AvgIpc) is 1.81. The normalized spacial score (nSPS) is 10.7. The predicted octanol–water partition coefficient (Wildman–Crippen LogP) is 1.36. The van der Waals surface area contributed by atoms with E-state index in [9.17, 15) is 9.59 Å². The molecule has 0 heterocycles. The largest absolute Gasteiger partial charge is 0.481 e. The molecule has 0 fully saturated rings. The fourth-order valence-electron chi connectivity index (χ4n) is 0.605. The molecular weight excluding hydrogens is 172 g/mol. The molecule has 0 aliphatic carbocycles. The van der Waals surface area contributed by atoms with E-state index in [1.165, 1.54) is 0 Å². The smallest absolute Gasteiger partial charge is 0.334 e. The molecule has 4 heteroatoms. The van der Waals surface area contributed by atoms with Crippen molar-refractivity contribution in [1.82, 2.24) is 0 Å². The van der Waals surface area contributed by atoms with Gasteiger partial charge in [0.05, 0.1) is 6.42 Å². The standard InChI is InChI=1S/C9H14O4/c1-6(5-7(10)11)8(12)13-9(2,3)4/h1,5H2,2-4H3,(H,10,11). The van der Waals surface area contributed by atoms with E-state index in [0.29, 0.717) is 0 Å². The monoisotopic (exact) mass is 186 g/mol. The number of carbonyl (C=O) groups is 2. The van der Waals surface area contributed by atoms with Gasteiger partial charge in [-0.3, -0.25) is 4.79 Å². The predicted molar refractivity (Wildman–Crippen MR) is 47.2 cm³/mol. The number of ether oxygens (including phenoxy) is 1. The van der Waals surface area contributed by atoms with Gasteiger partial charge in [0.1, 0.15) is 5.60 Å². The summed E-state index contributed by atoms with van der Waals surface area (Å²) < 4.78 is 4.90. The molecule has 0 atom stereocenters. The van der Waals surface area contributed by atoms with E-state index in [1.54, 1.807) is 20.8 Å². The van der Waals surface area contributed by atoms with E-state index in [-0.39, 0.29) is 12.0 Å². The Kier molecular flexibility index (Phi) is 3.66. The van der Waals surface area contributed by atoms with Gasteiger partial charge in [-0.05, 0) is 20.8 Å². The molecule has 1 N–H and O–H groups in total. The third kappa shape index (κ3) is 5.90. The molecule has 0 rings (SSSR count). The topological polar surface area (TPSA) is 63.6 Å². The van der Waals surface area contributed by atoms with E-state index in [1.807, 2.05) is 0 Å². The summed E-state index contributed by atoms with van der Waals surface area (Å²) in [6.07, 6.45) is -0.380. The highest BCUT2D eigenvalue weighted by Gasteiger charge is 2.19. The van der Waals surface area contributed by atoms with Crippen LogP contribution < -0.4 is 0 Å². The fourth-order valence-corrected chi connectivity index (χ4v) is 0.605. The van der Waals surface area contributed by atoms with Gasteiger partial charge in [0.25, 0.3) is 0 Å². The van der Waals surface area contributed by atoms with Crippen LogP contribution in [0.4, 0.5) is 0 Å². The number of carboxylic acid groups (broad SMARTS) is 1. The number of aliphatic carboxylic acids is 1. The first-order chi connectivity index (χ1) is 5.72. The van der Waals surface area contributed by atoms with E-state index in [2.05, 4.69) is 6.58 Å². The van der Waals surface area contributed by atoms with Crippen LogP contribution in [0.25, 0.3) is 0 Å². The molecule has 0 bridgehead atoms. The van der Waals surface area contributed by atoms with Crippen LogP contribution in [0.2, 0.25) is 0 Å². The second-order valence-electron chi connectivity index (χ2n) is 3.68. The number of rotatable bonds is 3. The first-order valence-corrected chi connectivity index (χ1v) is 3.85. The Labute approximate surface area is 77.2 Å². The molecule has 0 aliphatic rings. The van der Waals surface area contributed by atoms with Gasteiger partial charge in [-0.2, -0.15) is 0 Å². The van der Waals surface area contributed by atoms with E-state index >= 15 is 0 Å². The molecule has 0 spiro atoms. The van der Waals surface area contributed by atoms with Crippen LogP contribution in [0.15, 0.2) is 12.2 Å². The Hall–Kier alpha value is -1.32. The van der Waals surface area contributed by atoms with Crippen LogP contribution in [0.5, 0.6) is 0 Å². The molecule has 13 heavy (non-hydrogen) atoms. The maximum atomic E-state index is 11.1. The third-order valence-corrected chi connectivity index (χ3v) is 1.05. The lowest BCUT2D eigenvalue weighted by Crippen LogP contribution is -2.25. The van der Waals surface area contributed by atoms with Crippen LogP contribution >= 0.6 is 0 Å². The van der Waals surface area contributed by atoms with Gasteiger partial charge >= 0.3 is 11.9 Å². The lowest BCUT2D eigenvalue weighted by Gasteiger charge is -2.19. The molecule has 0 aromatic heterocycles. The second-order valence-corrected chi connectivity index (χ2v) is 3.68. The highest BCUT2D eigenvalue weighted by molar-refractivity contribution is 5.92. The molecule has 0 radical (unpaired) electrons. The Morgan fingerprint density at radius 2 is 1.85 bits per heavy atom. The molecule has 0 saturated heterocycles. The zero-order valence-electron chi connectivity index (χ0n) is 8.09. The van der Waals surface area contributed by atoms with Gasteiger partial charge in [0.15, 0.2) is 0 Å². The number of esters is 1. The van der Waals surface area contributed by atoms with Gasteiger partial charge in [-0.1, -0.05) is 6.58 Å². The Balaban J connectivity index is 4.13. The Morgan fingerprint density at radius 3 is 2.15 bits per heavy atom. The zero-order valence-corrected chi connectivity index (χ0v) is 8.09. The highest BCUT2D eigenvalue weighted by atomic mass is 16.6. The molecule has 0 aromatic carbocycles. The van der Waals surface area contributed by atoms with Crippen molar-refractivity contribution in [3.05, 3.63) is 12.2 Å². The second kappa shape index (κ2) is 4.07. The highest BCUT2D eigenvalue weighted by Crippen LogP contribution is 2.11. The molecule has 0 saturated carbocycles. The number of hydrogen-bond donors (Lipinski definition) is 1. The van der Waals surface area contributed by atoms with Crippen molar-refractivity contribution >= 4 is 11.9 Å². The summed E-state index contributed by atoms with van der Waals surface area (Å²) in [6, 6.07) is 0. The lowest BCUT2D eigenvalue weighted by molar-refractivity contribution is -0.151. The minimum absolute atomic E-state index is 0.0394. The zero-order chi connectivity index (χ0) is 10.6. The van der Waals surface area contributed by atoms with Crippen LogP contribution in [-0.2, 0) is 14.3 Å². The first kappa shape index (κ1) is 11.7. The van der Waals surface area contributed by atoms with Crippen molar-refractivity contribution in [2.24, 2.45) is 0 Å². The summed E-state index contributed by atoms with van der Waals surface area (Å²) in [5, 5.41) is 8.36. The first-order valence-electron chi connectivity index (χ1n) is 3.85. The van der Waals surface area contributed by atoms with Crippen LogP contribution in [-0.4, -0.2) is 22.6 Å². The number of hydrogen-bond acceptors (Lipinski definition) is 3. The van der Waals surface area contributed by atoms with Crippen molar-refractivity contribution in [2.45, 2.75) is 32.8 Å². The average molecular weight is 186 g/mol. The summed E-state index contributed by atoms with van der Waals surface area (Å²) >= 11 is 0. The van der Waals surface area contributed by atoms with Crippen LogP contribution in [0.3, 0.4) is 0 Å². The quantitative estimate of drug-likeness (QED) is 0.534. The van der Waals surface area contributed by atoms with Crippen molar-refractivity contribution in [1.29, 1.82) is 0 Å². The lowest BCUT2D eigenvalue weighted by atomic mass is 10.1. The number of carbonyl (C=O) groups excluding carboxylic acids is 1. The maximum absolute atomic E-state index is 11.1. The van der Waals surface area contributed by atoms with Crippen molar-refractivity contribution in [3.63, 3.8) is 0 Å². The molecule has 0 aromatic rings. The molecule has 4 nitrogen and oxygen atoms in total. The minimum Gasteiger partial charge on any atom is -0.481 e. The summed E-state index contributed by atoms with van der Waals surface area (Å²) in [6.45, 7) is 8.45. The molecule has 0 unspecified atom stereocenters. The van der Waals surface area contributed by atoms with Crippen molar-refractivity contribution in [2.75, 3.05) is 0 Å². The molecule has 74 valence electrons. The van der Waals surface area contributed by atoms with E-state index in [0.717, 1.165) is 0 Å². The van der Waals surface area contributed by atoms with E-state index < -0.39 is 17.5 Å². The maximum Gasteiger partial charge on any atom is 0.334 e. The Morgan fingerprint density at radius 1 is 1.38 bits per heavy atom. The SMILES string of the molecule is C=C(CC(=O)O)C(=O)OC(C)(C)C. The molecule has 0 amide bonds. The summed E-state index contributed by atoms with van der Waals surface area (Å²) in [4.78, 5) is 21.3. The summed E-state index contributed by atoms with van der Waals surface area (Å²) in [7, 11) is 0.